The number of hydrogen-bond donors (Lipinski definition) is 3. The Balaban J connectivity index is 1.22. The predicted molar refractivity (Wildman–Crippen MR) is 143 cm³/mol. The molecule has 1 saturated heterocycles. The van der Waals surface area contributed by atoms with Gasteiger partial charge in [-0.05, 0) is 81.0 Å². The van der Waals surface area contributed by atoms with E-state index in [2.05, 4.69) is 5.32 Å². The Bertz CT molecular complexity index is 1250. The lowest BCUT2D eigenvalue weighted by atomic mass is 9.92. The van der Waals surface area contributed by atoms with Gasteiger partial charge in [0.15, 0.2) is 0 Å². The van der Waals surface area contributed by atoms with E-state index in [-0.39, 0.29) is 35.9 Å². The fraction of sp³-hybridized carbons (Fsp3) is 0.536. The molecule has 0 radical (unpaired) electrons. The largest absolute Gasteiger partial charge is 0.418 e. The second-order valence-corrected chi connectivity index (χ2v) is 10.7. The number of hydrogen-bond acceptors (Lipinski definition) is 7. The summed E-state index contributed by atoms with van der Waals surface area (Å²) in [7, 11) is 0. The molecule has 3 N–H and O–H groups in total. The van der Waals surface area contributed by atoms with Gasteiger partial charge in [-0.15, -0.1) is 5.23 Å². The van der Waals surface area contributed by atoms with Crippen LogP contribution in [0.5, 0.6) is 0 Å². The lowest BCUT2D eigenvalue weighted by molar-refractivity contribution is -0.139. The SMILES string of the molecule is Cc1c(N2CCN(C(=O)COC3CCC(Nc4ccc(N(O)O)c(C(F)(F)F)c4)CC3)CC2)ccc(C(F)(F)F)c1C. The van der Waals surface area contributed by atoms with Gasteiger partial charge in [0.05, 0.1) is 17.2 Å². The molecule has 2 aromatic carbocycles. The lowest BCUT2D eigenvalue weighted by Crippen LogP contribution is -2.50. The number of piperazine rings is 1. The summed E-state index contributed by atoms with van der Waals surface area (Å²) in [5.41, 5.74) is -0.916. The zero-order valence-corrected chi connectivity index (χ0v) is 23.2. The summed E-state index contributed by atoms with van der Waals surface area (Å²) >= 11 is 0. The molecule has 4 rings (SSSR count). The monoisotopic (exact) mass is 604 g/mol. The predicted octanol–water partition coefficient (Wildman–Crippen LogP) is 6.01. The quantitative estimate of drug-likeness (QED) is 0.263. The molecule has 1 amide bonds. The first-order valence-corrected chi connectivity index (χ1v) is 13.6. The second kappa shape index (κ2) is 12.6. The molecular formula is C28H34F6N4O4. The minimum atomic E-state index is -4.78. The van der Waals surface area contributed by atoms with Crippen molar-refractivity contribution in [2.24, 2.45) is 0 Å². The van der Waals surface area contributed by atoms with Crippen LogP contribution in [0.1, 0.15) is 47.9 Å². The molecule has 0 atom stereocenters. The van der Waals surface area contributed by atoms with Crippen LogP contribution in [-0.4, -0.2) is 66.2 Å². The van der Waals surface area contributed by atoms with Crippen molar-refractivity contribution in [3.63, 3.8) is 0 Å². The number of rotatable bonds is 7. The molecule has 2 aromatic rings. The van der Waals surface area contributed by atoms with Gasteiger partial charge in [-0.2, -0.15) is 26.3 Å². The van der Waals surface area contributed by atoms with E-state index in [1.165, 1.54) is 19.1 Å². The Morgan fingerprint density at radius 3 is 2.10 bits per heavy atom. The molecule has 1 heterocycles. The van der Waals surface area contributed by atoms with Gasteiger partial charge in [-0.3, -0.25) is 15.2 Å². The molecule has 0 unspecified atom stereocenters. The van der Waals surface area contributed by atoms with Gasteiger partial charge in [-0.1, -0.05) is 0 Å². The third kappa shape index (κ3) is 7.39. The van der Waals surface area contributed by atoms with E-state index in [0.717, 1.165) is 23.9 Å². The Morgan fingerprint density at radius 1 is 0.905 bits per heavy atom. The molecule has 1 aliphatic heterocycles. The van der Waals surface area contributed by atoms with E-state index >= 15 is 0 Å². The Kier molecular flexibility index (Phi) is 9.48. The van der Waals surface area contributed by atoms with Crippen molar-refractivity contribution in [3.8, 4) is 0 Å². The van der Waals surface area contributed by atoms with Crippen molar-refractivity contribution < 1.29 is 46.3 Å². The number of halogens is 6. The molecular weight excluding hydrogens is 570 g/mol. The van der Waals surface area contributed by atoms with Crippen LogP contribution in [0.25, 0.3) is 0 Å². The number of amides is 1. The number of nitrogens with one attached hydrogen (secondary N) is 1. The van der Waals surface area contributed by atoms with E-state index in [1.54, 1.807) is 11.8 Å². The maximum absolute atomic E-state index is 13.3. The Hall–Kier alpha value is -3.23. The molecule has 0 aromatic heterocycles. The molecule has 42 heavy (non-hydrogen) atoms. The van der Waals surface area contributed by atoms with Crippen LogP contribution in [-0.2, 0) is 21.9 Å². The van der Waals surface area contributed by atoms with E-state index in [0.29, 0.717) is 57.4 Å². The van der Waals surface area contributed by atoms with Gasteiger partial charge in [0, 0.05) is 43.6 Å². The summed E-state index contributed by atoms with van der Waals surface area (Å²) in [6.45, 7) is 4.84. The first kappa shape index (κ1) is 31.7. The zero-order valence-electron chi connectivity index (χ0n) is 23.2. The topological polar surface area (TPSA) is 88.5 Å². The fourth-order valence-corrected chi connectivity index (χ4v) is 5.57. The highest BCUT2D eigenvalue weighted by Crippen LogP contribution is 2.39. The number of carbonyl (C=O) groups excluding carboxylic acids is 1. The summed E-state index contributed by atoms with van der Waals surface area (Å²) in [5, 5.41) is 20.7. The maximum Gasteiger partial charge on any atom is 0.418 e. The molecule has 232 valence electrons. The van der Waals surface area contributed by atoms with Crippen molar-refractivity contribution >= 4 is 23.0 Å². The van der Waals surface area contributed by atoms with Gasteiger partial charge >= 0.3 is 12.4 Å². The van der Waals surface area contributed by atoms with Crippen LogP contribution in [0.4, 0.5) is 43.4 Å². The van der Waals surface area contributed by atoms with Crippen molar-refractivity contribution in [1.29, 1.82) is 0 Å². The van der Waals surface area contributed by atoms with E-state index < -0.39 is 34.4 Å². The van der Waals surface area contributed by atoms with E-state index in [9.17, 15) is 31.1 Å². The third-order valence-electron chi connectivity index (χ3n) is 8.04. The standard InChI is InChI=1S/C28H34F6N4O4/c1-17-18(2)24(10-8-22(17)27(29,30)31)36-11-13-37(14-12-36)26(39)16-42-21-6-3-19(4-7-21)35-20-5-9-25(38(40)41)23(15-20)28(32,33)34/h5,8-10,15,19,21,35,40-41H,3-4,6-7,11-14,16H2,1-2H3. The maximum atomic E-state index is 13.3. The van der Waals surface area contributed by atoms with Gasteiger partial charge in [-0.25, -0.2) is 0 Å². The van der Waals surface area contributed by atoms with Gasteiger partial charge < -0.3 is 19.9 Å². The minimum absolute atomic E-state index is 0.101. The number of ether oxygens (including phenoxy) is 1. The number of benzene rings is 2. The lowest BCUT2D eigenvalue weighted by Gasteiger charge is -2.37. The summed E-state index contributed by atoms with van der Waals surface area (Å²) in [6, 6.07) is 5.61. The Labute approximate surface area is 239 Å². The molecule has 2 aliphatic rings. The molecule has 2 fully saturated rings. The number of nitrogens with zero attached hydrogens (tertiary/aromatic N) is 3. The zero-order chi connectivity index (χ0) is 30.8. The van der Waals surface area contributed by atoms with Crippen LogP contribution in [0.15, 0.2) is 30.3 Å². The molecule has 1 aliphatic carbocycles. The van der Waals surface area contributed by atoms with Crippen molar-refractivity contribution in [2.75, 3.05) is 48.2 Å². The molecule has 8 nitrogen and oxygen atoms in total. The first-order valence-electron chi connectivity index (χ1n) is 13.6. The summed E-state index contributed by atoms with van der Waals surface area (Å²) in [5.74, 6) is -0.170. The van der Waals surface area contributed by atoms with Gasteiger partial charge in [0.1, 0.15) is 12.3 Å². The van der Waals surface area contributed by atoms with Crippen molar-refractivity contribution in [1.82, 2.24) is 4.90 Å². The number of alkyl halides is 6. The van der Waals surface area contributed by atoms with Crippen LogP contribution in [0, 0.1) is 13.8 Å². The smallest absolute Gasteiger partial charge is 0.382 e. The van der Waals surface area contributed by atoms with Crippen molar-refractivity contribution in [2.45, 2.75) is 64.0 Å². The van der Waals surface area contributed by atoms with Gasteiger partial charge in [0.25, 0.3) is 0 Å². The van der Waals surface area contributed by atoms with Crippen LogP contribution >= 0.6 is 0 Å². The normalized spacial score (nSPS) is 20.0. The average Bonchev–Trinajstić information content (AvgIpc) is 2.93. The minimum Gasteiger partial charge on any atom is -0.382 e. The molecule has 1 saturated carbocycles. The second-order valence-electron chi connectivity index (χ2n) is 10.7. The average molecular weight is 605 g/mol. The van der Waals surface area contributed by atoms with E-state index in [4.69, 9.17) is 15.2 Å². The highest BCUT2D eigenvalue weighted by atomic mass is 19.4. The van der Waals surface area contributed by atoms with Crippen LogP contribution < -0.4 is 15.4 Å². The molecule has 0 bridgehead atoms. The van der Waals surface area contributed by atoms with E-state index in [1.807, 2.05) is 4.90 Å². The molecule has 0 spiro atoms. The Morgan fingerprint density at radius 2 is 1.52 bits per heavy atom. The summed E-state index contributed by atoms with van der Waals surface area (Å²) in [4.78, 5) is 16.4. The fourth-order valence-electron chi connectivity index (χ4n) is 5.57. The van der Waals surface area contributed by atoms with Gasteiger partial charge in [0.2, 0.25) is 5.91 Å². The summed E-state index contributed by atoms with van der Waals surface area (Å²) in [6.07, 6.45) is -6.92. The van der Waals surface area contributed by atoms with Crippen molar-refractivity contribution in [3.05, 3.63) is 52.6 Å². The van der Waals surface area contributed by atoms with Crippen LogP contribution in [0.3, 0.4) is 0 Å². The summed E-state index contributed by atoms with van der Waals surface area (Å²) < 4.78 is 85.5. The number of carbonyl (C=O) groups is 1. The highest BCUT2D eigenvalue weighted by Gasteiger charge is 2.36. The first-order chi connectivity index (χ1) is 19.6. The molecule has 14 heteroatoms. The third-order valence-corrected chi connectivity index (χ3v) is 8.04. The van der Waals surface area contributed by atoms with Crippen LogP contribution in [0.2, 0.25) is 0 Å². The number of anilines is 3. The highest BCUT2D eigenvalue weighted by molar-refractivity contribution is 5.78.